The van der Waals surface area contributed by atoms with Crippen LogP contribution in [0.25, 0.3) is 0 Å². The minimum atomic E-state index is -5.66. The van der Waals surface area contributed by atoms with E-state index < -0.39 is 48.5 Å². The first kappa shape index (κ1) is 17.6. The van der Waals surface area contributed by atoms with Crippen LogP contribution in [0.1, 0.15) is 5.56 Å². The second kappa shape index (κ2) is 6.99. The fraction of sp³-hybridized carbons (Fsp3) is 0.273. The Kier molecular flexibility index (Phi) is 6.14. The minimum absolute atomic E-state index is 0.405. The van der Waals surface area contributed by atoms with Gasteiger partial charge in [-0.05, 0) is 19.1 Å². The summed E-state index contributed by atoms with van der Waals surface area (Å²) >= 11 is 4.58. The second-order valence-electron chi connectivity index (χ2n) is 3.60. The lowest BCUT2D eigenvalue weighted by Gasteiger charge is -2.08. The third kappa shape index (κ3) is 5.13. The number of halogens is 5. The third-order valence-corrected chi connectivity index (χ3v) is 5.65. The van der Waals surface area contributed by atoms with E-state index in [9.17, 15) is 21.6 Å². The molecular formula is C11H10ClF3IO3S+. The molecule has 0 spiro atoms. The highest BCUT2D eigenvalue weighted by molar-refractivity contribution is 7.87. The van der Waals surface area contributed by atoms with Gasteiger partial charge in [0.2, 0.25) is 0 Å². The van der Waals surface area contributed by atoms with Gasteiger partial charge in [0.25, 0.3) is 0 Å². The summed E-state index contributed by atoms with van der Waals surface area (Å²) in [5.74, 6) is -0.849. The Morgan fingerprint density at radius 3 is 2.35 bits per heavy atom. The monoisotopic (exact) mass is 441 g/mol. The summed E-state index contributed by atoms with van der Waals surface area (Å²) in [5.41, 5.74) is -4.41. The van der Waals surface area contributed by atoms with Crippen LogP contribution in [-0.2, 0) is 14.3 Å². The minimum Gasteiger partial charge on any atom is -0.375 e. The summed E-state index contributed by atoms with van der Waals surface area (Å²) in [7, 11) is -5.66. The van der Waals surface area contributed by atoms with Crippen molar-refractivity contribution in [1.82, 2.24) is 0 Å². The van der Waals surface area contributed by atoms with Gasteiger partial charge in [0.05, 0.1) is 5.88 Å². The van der Waals surface area contributed by atoms with Gasteiger partial charge < -0.3 is 4.18 Å². The molecule has 0 saturated carbocycles. The van der Waals surface area contributed by atoms with E-state index in [0.717, 1.165) is 9.13 Å². The predicted octanol–water partition coefficient (Wildman–Crippen LogP) is 0.200. The van der Waals surface area contributed by atoms with Crippen molar-refractivity contribution in [3.63, 3.8) is 0 Å². The number of benzene rings is 1. The molecule has 0 aromatic heterocycles. The number of allylic oxidation sites excluding steroid dienone is 1. The maximum Gasteiger partial charge on any atom is 0.534 e. The van der Waals surface area contributed by atoms with E-state index in [1.54, 1.807) is 0 Å². The van der Waals surface area contributed by atoms with Crippen LogP contribution < -0.4 is 21.2 Å². The van der Waals surface area contributed by atoms with Crippen molar-refractivity contribution < 1.29 is 47.0 Å². The largest absolute Gasteiger partial charge is 0.534 e. The second-order valence-corrected chi connectivity index (χ2v) is 7.89. The highest BCUT2D eigenvalue weighted by Crippen LogP contribution is 2.26. The molecule has 1 aromatic rings. The fourth-order valence-corrected chi connectivity index (χ4v) is 3.93. The van der Waals surface area contributed by atoms with Crippen LogP contribution in [0.3, 0.4) is 0 Å². The molecule has 0 amide bonds. The lowest BCUT2D eigenvalue weighted by atomic mass is 10.2. The highest BCUT2D eigenvalue weighted by atomic mass is 127. The Bertz CT molecular complexity index is 582. The van der Waals surface area contributed by atoms with Gasteiger partial charge in [-0.15, -0.1) is 11.6 Å². The fourth-order valence-electron chi connectivity index (χ4n) is 0.988. The van der Waals surface area contributed by atoms with Crippen molar-refractivity contribution >= 4 is 21.7 Å². The summed E-state index contributed by atoms with van der Waals surface area (Å²) < 4.78 is 64.4. The summed E-state index contributed by atoms with van der Waals surface area (Å²) in [6.07, 6.45) is 0. The molecule has 3 nitrogen and oxygen atoms in total. The molecule has 0 radical (unpaired) electrons. The van der Waals surface area contributed by atoms with Crippen LogP contribution in [0.4, 0.5) is 13.2 Å². The zero-order valence-corrected chi connectivity index (χ0v) is 13.8. The van der Waals surface area contributed by atoms with E-state index in [4.69, 9.17) is 11.6 Å². The maximum atomic E-state index is 12.2. The molecule has 0 unspecified atom stereocenters. The molecule has 0 atom stereocenters. The van der Waals surface area contributed by atoms with Gasteiger partial charge in [-0.3, -0.25) is 0 Å². The van der Waals surface area contributed by atoms with E-state index in [-0.39, 0.29) is 0 Å². The van der Waals surface area contributed by atoms with Crippen molar-refractivity contribution in [2.45, 2.75) is 12.4 Å². The van der Waals surface area contributed by atoms with E-state index in [1.807, 2.05) is 31.2 Å². The molecule has 0 saturated heterocycles. The van der Waals surface area contributed by atoms with Gasteiger partial charge in [0.15, 0.2) is 13.4 Å². The van der Waals surface area contributed by atoms with Gasteiger partial charge in [-0.2, -0.15) is 21.6 Å². The molecule has 0 aliphatic carbocycles. The van der Waals surface area contributed by atoms with Crippen LogP contribution in [-0.4, -0.2) is 19.8 Å². The van der Waals surface area contributed by atoms with Crippen molar-refractivity contribution in [3.8, 4) is 0 Å². The third-order valence-electron chi connectivity index (χ3n) is 1.95. The van der Waals surface area contributed by atoms with Crippen LogP contribution in [0.15, 0.2) is 34.1 Å². The van der Waals surface area contributed by atoms with E-state index >= 15 is 0 Å². The molecule has 0 N–H and O–H groups in total. The summed E-state index contributed by atoms with van der Waals surface area (Å²) in [5, 5.41) is 0. The van der Waals surface area contributed by atoms with Crippen molar-refractivity contribution in [1.29, 1.82) is 0 Å². The van der Waals surface area contributed by atoms with E-state index in [2.05, 4.69) is 4.18 Å². The Morgan fingerprint density at radius 2 is 1.90 bits per heavy atom. The molecule has 0 aliphatic rings. The zero-order chi connectivity index (χ0) is 15.4. The Hall–Kier alpha value is -0.480. The molecule has 1 aromatic carbocycles. The Balaban J connectivity index is 2.81. The smallest absolute Gasteiger partial charge is 0.375 e. The lowest BCUT2D eigenvalue weighted by Crippen LogP contribution is -3.59. The molecule has 0 bridgehead atoms. The average molecular weight is 442 g/mol. The first-order valence-electron chi connectivity index (χ1n) is 5.11. The Labute approximate surface area is 130 Å². The SMILES string of the molecule is Cc1ccc([I+]/C=C(\CCl)OS(=O)(=O)C(F)(F)F)cc1. The number of hydrogen-bond donors (Lipinski definition) is 0. The average Bonchev–Trinajstić information content (AvgIpc) is 2.35. The number of aryl methyl sites for hydroxylation is 1. The quantitative estimate of drug-likeness (QED) is 0.216. The van der Waals surface area contributed by atoms with Gasteiger partial charge >= 0.3 is 36.8 Å². The summed E-state index contributed by atoms with van der Waals surface area (Å²) in [6, 6.07) is 7.36. The lowest BCUT2D eigenvalue weighted by molar-refractivity contribution is -0.558. The molecule has 20 heavy (non-hydrogen) atoms. The summed E-state index contributed by atoms with van der Waals surface area (Å²) in [4.78, 5) is 0. The predicted molar refractivity (Wildman–Crippen MR) is 64.7 cm³/mol. The maximum absolute atomic E-state index is 12.2. The summed E-state index contributed by atoms with van der Waals surface area (Å²) in [6.45, 7) is 1.90. The highest BCUT2D eigenvalue weighted by Gasteiger charge is 2.49. The van der Waals surface area contributed by atoms with Crippen LogP contribution in [0.5, 0.6) is 0 Å². The first-order chi connectivity index (χ1) is 9.15. The molecule has 0 heterocycles. The van der Waals surface area contributed by atoms with Gasteiger partial charge in [0, 0.05) is 0 Å². The zero-order valence-electron chi connectivity index (χ0n) is 10.1. The standard InChI is InChI=1S/C11H10ClF3IO3S/c1-8-2-4-9(5-3-8)16-7-10(6-12)19-20(17,18)11(13,14)15/h2-5,7H,6H2,1H3/q+1/b10-7+. The normalized spacial score (nSPS) is 13.3. The molecule has 0 aliphatic heterocycles. The van der Waals surface area contributed by atoms with Crippen molar-refractivity contribution in [2.24, 2.45) is 0 Å². The number of rotatable bonds is 5. The topological polar surface area (TPSA) is 43.4 Å². The molecule has 112 valence electrons. The Morgan fingerprint density at radius 1 is 1.35 bits per heavy atom. The molecule has 9 heteroatoms. The molecule has 1 rings (SSSR count). The number of alkyl halides is 4. The molecule has 0 fully saturated rings. The van der Waals surface area contributed by atoms with Crippen LogP contribution in [0, 0.1) is 10.5 Å². The first-order valence-corrected chi connectivity index (χ1v) is 9.38. The van der Waals surface area contributed by atoms with Gasteiger partial charge in [0.1, 0.15) is 0 Å². The number of hydrogen-bond acceptors (Lipinski definition) is 3. The van der Waals surface area contributed by atoms with Crippen LogP contribution in [0.2, 0.25) is 0 Å². The van der Waals surface area contributed by atoms with Crippen LogP contribution >= 0.6 is 11.6 Å². The van der Waals surface area contributed by atoms with Crippen molar-refractivity contribution in [3.05, 3.63) is 43.2 Å². The molecular weight excluding hydrogens is 432 g/mol. The van der Waals surface area contributed by atoms with E-state index in [1.165, 1.54) is 4.08 Å². The van der Waals surface area contributed by atoms with E-state index in [0.29, 0.717) is 0 Å². The van der Waals surface area contributed by atoms with Gasteiger partial charge in [-0.1, -0.05) is 17.7 Å². The van der Waals surface area contributed by atoms with Gasteiger partial charge in [-0.25, -0.2) is 0 Å². The van der Waals surface area contributed by atoms with Crippen molar-refractivity contribution in [2.75, 3.05) is 5.88 Å².